The van der Waals surface area contributed by atoms with Crippen LogP contribution in [0.2, 0.25) is 0 Å². The normalized spacial score (nSPS) is 27.1. The molecule has 200 valence electrons. The fourth-order valence-electron chi connectivity index (χ4n) is 6.51. The predicted octanol–water partition coefficient (Wildman–Crippen LogP) is 2.64. The van der Waals surface area contributed by atoms with E-state index in [4.69, 9.17) is 4.74 Å². The number of carbonyl (C=O) groups is 2. The Hall–Kier alpha value is -3.61. The molecule has 13 heteroatoms. The molecule has 0 spiro atoms. The van der Waals surface area contributed by atoms with E-state index in [1.165, 1.54) is 6.07 Å². The molecule has 10 nitrogen and oxygen atoms in total. The first-order valence-electron chi connectivity index (χ1n) is 12.8. The van der Waals surface area contributed by atoms with E-state index < -0.39 is 12.8 Å². The summed E-state index contributed by atoms with van der Waals surface area (Å²) in [5.41, 5.74) is 11.5. The third kappa shape index (κ3) is 3.99. The number of fused-ring (bicyclic) bond motifs is 5. The van der Waals surface area contributed by atoms with Crippen LogP contribution in [0.1, 0.15) is 45.3 Å². The summed E-state index contributed by atoms with van der Waals surface area (Å²) >= 11 is 0. The van der Waals surface area contributed by atoms with Crippen molar-refractivity contribution >= 4 is 23.2 Å². The molecular formula is C25H26F3N7O3. The van der Waals surface area contributed by atoms with Crippen molar-refractivity contribution in [2.45, 2.75) is 24.9 Å². The lowest BCUT2D eigenvalue weighted by molar-refractivity contribution is -0.153. The molecule has 2 aromatic rings. The Morgan fingerprint density at radius 1 is 0.895 bits per heavy atom. The maximum atomic E-state index is 13.3. The first-order valence-corrected chi connectivity index (χ1v) is 12.8. The highest BCUT2D eigenvalue weighted by Gasteiger charge is 2.59. The second kappa shape index (κ2) is 8.45. The number of nitrogens with zero attached hydrogens (tertiary/aromatic N) is 4. The summed E-state index contributed by atoms with van der Waals surface area (Å²) in [6.07, 6.45) is -2.85. The topological polar surface area (TPSA) is 112 Å². The lowest BCUT2D eigenvalue weighted by atomic mass is 9.60. The Morgan fingerprint density at radius 3 is 2.16 bits per heavy atom. The van der Waals surface area contributed by atoms with Gasteiger partial charge < -0.3 is 25.4 Å². The molecule has 2 saturated heterocycles. The number of anilines is 2. The highest BCUT2D eigenvalue weighted by Crippen LogP contribution is 2.54. The molecule has 4 heterocycles. The van der Waals surface area contributed by atoms with E-state index in [2.05, 4.69) is 26.6 Å². The maximum Gasteiger partial charge on any atom is 0.422 e. The van der Waals surface area contributed by atoms with Gasteiger partial charge in [0.2, 0.25) is 0 Å². The Bertz CT molecular complexity index is 1300. The number of halogens is 3. The Balaban J connectivity index is 1.01. The highest BCUT2D eigenvalue weighted by molar-refractivity contribution is 5.97. The van der Waals surface area contributed by atoms with Crippen molar-refractivity contribution in [1.82, 2.24) is 25.5 Å². The number of benzene rings is 1. The number of hydrogen-bond acceptors (Lipinski definition) is 8. The minimum atomic E-state index is -4.48. The molecule has 0 bridgehead atoms. The zero-order chi connectivity index (χ0) is 26.2. The summed E-state index contributed by atoms with van der Waals surface area (Å²) in [7, 11) is 0. The van der Waals surface area contributed by atoms with E-state index >= 15 is 0 Å². The molecule has 2 saturated carbocycles. The monoisotopic (exact) mass is 529 g/mol. The lowest BCUT2D eigenvalue weighted by Gasteiger charge is -2.42. The zero-order valence-corrected chi connectivity index (χ0v) is 20.3. The number of hydrazine groups is 2. The van der Waals surface area contributed by atoms with Crippen molar-refractivity contribution in [2.24, 2.45) is 23.7 Å². The lowest BCUT2D eigenvalue weighted by Crippen LogP contribution is -2.44. The van der Waals surface area contributed by atoms with Gasteiger partial charge in [-0.25, -0.2) is 0 Å². The van der Waals surface area contributed by atoms with Gasteiger partial charge in [-0.2, -0.15) is 18.3 Å². The first-order chi connectivity index (χ1) is 18.2. The largest absolute Gasteiger partial charge is 0.482 e. The van der Waals surface area contributed by atoms with Crippen LogP contribution in [0.15, 0.2) is 24.3 Å². The van der Waals surface area contributed by atoms with E-state index in [1.54, 1.807) is 4.90 Å². The first kappa shape index (κ1) is 23.5. The second-order valence-electron chi connectivity index (χ2n) is 10.9. The quantitative estimate of drug-likeness (QED) is 0.542. The Labute approximate surface area is 215 Å². The van der Waals surface area contributed by atoms with Gasteiger partial charge in [-0.05, 0) is 54.7 Å². The van der Waals surface area contributed by atoms with Crippen molar-refractivity contribution < 1.29 is 27.5 Å². The molecular weight excluding hydrogens is 503 g/mol. The number of alkyl halides is 3. The van der Waals surface area contributed by atoms with Crippen molar-refractivity contribution in [3.8, 4) is 5.75 Å². The number of carbonyl (C=O) groups excluding carboxylic acids is 2. The molecule has 4 atom stereocenters. The van der Waals surface area contributed by atoms with Crippen molar-refractivity contribution in [2.75, 3.05) is 43.6 Å². The van der Waals surface area contributed by atoms with Crippen LogP contribution < -0.4 is 21.1 Å². The van der Waals surface area contributed by atoms with Gasteiger partial charge >= 0.3 is 6.18 Å². The van der Waals surface area contributed by atoms with E-state index in [1.807, 2.05) is 23.1 Å². The molecule has 3 N–H and O–H groups in total. The SMILES string of the molecule is O=C(c1ccc2c(c1)NNN2)N1C[C@@H]2[C@H](C1)[C@H]1CN(C(=O)c3cc(OCC(F)(F)F)c(C4CC4)nn3)C[C@@H]21. The van der Waals surface area contributed by atoms with Gasteiger partial charge in [0.05, 0.1) is 11.4 Å². The molecule has 3 aliphatic heterocycles. The van der Waals surface area contributed by atoms with Gasteiger partial charge in [0, 0.05) is 43.7 Å². The van der Waals surface area contributed by atoms with Gasteiger partial charge in [0.1, 0.15) is 11.4 Å². The molecule has 0 unspecified atom stereocenters. The van der Waals surface area contributed by atoms with Crippen LogP contribution in [0.5, 0.6) is 5.75 Å². The van der Waals surface area contributed by atoms with Gasteiger partial charge in [0.15, 0.2) is 12.3 Å². The van der Waals surface area contributed by atoms with E-state index in [0.717, 1.165) is 24.2 Å². The summed E-state index contributed by atoms with van der Waals surface area (Å²) < 4.78 is 43.3. The van der Waals surface area contributed by atoms with E-state index in [9.17, 15) is 22.8 Å². The molecule has 5 aliphatic rings. The van der Waals surface area contributed by atoms with Crippen LogP contribution in [0, 0.1) is 23.7 Å². The number of amides is 2. The molecule has 2 amide bonds. The summed E-state index contributed by atoms with van der Waals surface area (Å²) in [4.78, 5) is 30.0. The van der Waals surface area contributed by atoms with Crippen molar-refractivity contribution in [3.05, 3.63) is 41.2 Å². The van der Waals surface area contributed by atoms with Crippen LogP contribution in [0.3, 0.4) is 0 Å². The summed E-state index contributed by atoms with van der Waals surface area (Å²) in [6.45, 7) is 0.946. The van der Waals surface area contributed by atoms with Crippen LogP contribution in [-0.4, -0.2) is 70.8 Å². The molecule has 0 radical (unpaired) electrons. The van der Waals surface area contributed by atoms with E-state index in [0.29, 0.717) is 49.3 Å². The third-order valence-electron chi connectivity index (χ3n) is 8.52. The average molecular weight is 530 g/mol. The fourth-order valence-corrected chi connectivity index (χ4v) is 6.51. The summed E-state index contributed by atoms with van der Waals surface area (Å²) in [5, 5.41) is 8.13. The number of aromatic nitrogens is 2. The molecule has 1 aromatic heterocycles. The minimum Gasteiger partial charge on any atom is -0.482 e. The minimum absolute atomic E-state index is 0.000631. The highest BCUT2D eigenvalue weighted by atomic mass is 19.4. The fraction of sp³-hybridized carbons (Fsp3) is 0.520. The van der Waals surface area contributed by atoms with E-state index in [-0.39, 0.29) is 41.0 Å². The smallest absolute Gasteiger partial charge is 0.422 e. The van der Waals surface area contributed by atoms with Crippen LogP contribution in [-0.2, 0) is 0 Å². The maximum absolute atomic E-state index is 13.3. The third-order valence-corrected chi connectivity index (χ3v) is 8.52. The Morgan fingerprint density at radius 2 is 1.53 bits per heavy atom. The van der Waals surface area contributed by atoms with Gasteiger partial charge in [-0.3, -0.25) is 9.59 Å². The number of rotatable bonds is 5. The summed E-state index contributed by atoms with van der Waals surface area (Å²) in [5.74, 6) is 0.907. The summed E-state index contributed by atoms with van der Waals surface area (Å²) in [6, 6.07) is 6.81. The standard InChI is InChI=1S/C25H26F3N7O3/c26-25(27,28)11-38-21-6-20(29-32-22(21)12-1-2-12)24(37)35-9-16-14-7-34(8-15(14)17(16)10-35)23(36)13-3-4-18-19(5-13)31-33-30-18/h3-6,12,14-17,30-31,33H,1-2,7-11H2/t14-,15+,16+,17-. The van der Waals surface area contributed by atoms with Gasteiger partial charge in [0.25, 0.3) is 11.8 Å². The van der Waals surface area contributed by atoms with Gasteiger partial charge in [-0.15, -0.1) is 10.6 Å². The predicted molar refractivity (Wildman–Crippen MR) is 128 cm³/mol. The number of ether oxygens (including phenoxy) is 1. The van der Waals surface area contributed by atoms with Crippen LogP contribution in [0.4, 0.5) is 24.5 Å². The molecule has 2 aliphatic carbocycles. The van der Waals surface area contributed by atoms with Crippen molar-refractivity contribution in [3.63, 3.8) is 0 Å². The van der Waals surface area contributed by atoms with Crippen LogP contribution >= 0.6 is 0 Å². The van der Waals surface area contributed by atoms with Gasteiger partial charge in [-0.1, -0.05) is 0 Å². The zero-order valence-electron chi connectivity index (χ0n) is 20.3. The second-order valence-corrected chi connectivity index (χ2v) is 10.9. The number of likely N-dealkylation sites (tertiary alicyclic amines) is 2. The molecule has 7 rings (SSSR count). The van der Waals surface area contributed by atoms with Crippen LogP contribution in [0.25, 0.3) is 0 Å². The van der Waals surface area contributed by atoms with Crippen molar-refractivity contribution in [1.29, 1.82) is 0 Å². The average Bonchev–Trinajstić information content (AvgIpc) is 3.32. The molecule has 4 fully saturated rings. The molecule has 1 aromatic carbocycles. The molecule has 38 heavy (non-hydrogen) atoms. The number of hydrogen-bond donors (Lipinski definition) is 3. The Kier molecular flexibility index (Phi) is 5.23. The number of nitrogens with one attached hydrogen (secondary N) is 3.